The van der Waals surface area contributed by atoms with Crippen LogP contribution in [0.4, 0.5) is 4.79 Å². The van der Waals surface area contributed by atoms with Crippen LogP contribution < -0.4 is 10.6 Å². The molecular weight excluding hydrogens is 466 g/mol. The maximum absolute atomic E-state index is 12.6. The number of hydrogen-bond acceptors (Lipinski definition) is 9. The van der Waals surface area contributed by atoms with Gasteiger partial charge in [-0.05, 0) is 72.4 Å². The predicted octanol–water partition coefficient (Wildman–Crippen LogP) is 1.08. The smallest absolute Gasteiger partial charge is 0.407 e. The average molecular weight is 506 g/mol. The molecule has 0 aromatic carbocycles. The van der Waals surface area contributed by atoms with Crippen molar-refractivity contribution in [3.8, 4) is 6.07 Å². The molecule has 5 aliphatic rings. The molecule has 5 atom stereocenters. The van der Waals surface area contributed by atoms with E-state index in [0.717, 1.165) is 51.6 Å². The highest BCUT2D eigenvalue weighted by Gasteiger charge is 2.57. The Morgan fingerprint density at radius 1 is 1.11 bits per heavy atom. The second kappa shape index (κ2) is 10.1. The molecule has 0 aromatic heterocycles. The fourth-order valence-corrected chi connectivity index (χ4v) is 5.64. The first-order chi connectivity index (χ1) is 17.1. The molecule has 4 heterocycles. The highest BCUT2D eigenvalue weighted by Crippen LogP contribution is 2.39. The molecule has 5 rings (SSSR count). The molecule has 11 heteroatoms. The SMILES string of the molecule is CC1(NCC(=O)N2CCC[C@H]2C#N)CCN(C[C@H]2O[C@@H]3OC(C)(C)O[C@@H]3[C@H]2OC(=O)NC2CC2)CC1. The molecule has 2 N–H and O–H groups in total. The Morgan fingerprint density at radius 3 is 2.56 bits per heavy atom. The van der Waals surface area contributed by atoms with E-state index < -0.39 is 30.4 Å². The molecule has 4 aliphatic heterocycles. The molecule has 1 saturated carbocycles. The number of ether oxygens (including phenoxy) is 4. The van der Waals surface area contributed by atoms with Crippen molar-refractivity contribution < 1.29 is 28.5 Å². The normalized spacial score (nSPS) is 35.3. The van der Waals surface area contributed by atoms with Crippen molar-refractivity contribution in [2.75, 3.05) is 32.7 Å². The number of alkyl carbamates (subject to hydrolysis) is 1. The van der Waals surface area contributed by atoms with Crippen LogP contribution in [0, 0.1) is 11.3 Å². The minimum Gasteiger partial charge on any atom is -0.440 e. The first-order valence-electron chi connectivity index (χ1n) is 13.3. The second-order valence-corrected chi connectivity index (χ2v) is 11.5. The summed E-state index contributed by atoms with van der Waals surface area (Å²) < 4.78 is 23.9. The standard InChI is InChI=1S/C25H39N5O6/c1-24(2)35-21-20(34-23(32)28-16-6-7-16)18(33-22(21)36-24)15-29-11-8-25(3,9-12-29)27-14-19(31)30-10-4-5-17(30)13-26/h16-18,20-22,27H,4-12,14-15H2,1-3H3,(H,28,32)/t17-,18+,20-,21+,22+/m0/s1. The summed E-state index contributed by atoms with van der Waals surface area (Å²) in [6.45, 7) is 8.99. The Labute approximate surface area is 212 Å². The first kappa shape index (κ1) is 25.7. The van der Waals surface area contributed by atoms with Gasteiger partial charge in [0.05, 0.1) is 12.6 Å². The van der Waals surface area contributed by atoms with Gasteiger partial charge in [0.15, 0.2) is 24.3 Å². The number of likely N-dealkylation sites (tertiary alicyclic amines) is 2. The molecular formula is C25H39N5O6. The Balaban J connectivity index is 1.12. The summed E-state index contributed by atoms with van der Waals surface area (Å²) in [6.07, 6.45) is 3.03. The Morgan fingerprint density at radius 2 is 1.86 bits per heavy atom. The van der Waals surface area contributed by atoms with E-state index in [1.807, 2.05) is 13.8 Å². The molecule has 1 aliphatic carbocycles. The first-order valence-corrected chi connectivity index (χ1v) is 13.3. The summed E-state index contributed by atoms with van der Waals surface area (Å²) in [5.74, 6) is -0.784. The van der Waals surface area contributed by atoms with E-state index in [9.17, 15) is 14.9 Å². The van der Waals surface area contributed by atoms with Gasteiger partial charge in [-0.3, -0.25) is 4.79 Å². The number of nitrogens with zero attached hydrogens (tertiary/aromatic N) is 3. The average Bonchev–Trinajstić information content (AvgIpc) is 3.29. The summed E-state index contributed by atoms with van der Waals surface area (Å²) in [5.41, 5.74) is -0.155. The van der Waals surface area contributed by atoms with Gasteiger partial charge in [0, 0.05) is 24.7 Å². The maximum atomic E-state index is 12.6. The molecule has 4 saturated heterocycles. The summed E-state index contributed by atoms with van der Waals surface area (Å²) in [5, 5.41) is 15.6. The van der Waals surface area contributed by atoms with Gasteiger partial charge in [-0.2, -0.15) is 5.26 Å². The third kappa shape index (κ3) is 5.78. The lowest BCUT2D eigenvalue weighted by Crippen LogP contribution is -2.55. The van der Waals surface area contributed by atoms with Gasteiger partial charge < -0.3 is 39.4 Å². The van der Waals surface area contributed by atoms with E-state index in [1.165, 1.54) is 0 Å². The summed E-state index contributed by atoms with van der Waals surface area (Å²) in [7, 11) is 0. The Hall–Kier alpha value is -1.97. The quantitative estimate of drug-likeness (QED) is 0.523. The van der Waals surface area contributed by atoms with E-state index in [1.54, 1.807) is 4.90 Å². The lowest BCUT2D eigenvalue weighted by atomic mass is 9.89. The maximum Gasteiger partial charge on any atom is 0.407 e. The molecule has 0 unspecified atom stereocenters. The van der Waals surface area contributed by atoms with Crippen LogP contribution >= 0.6 is 0 Å². The van der Waals surface area contributed by atoms with Crippen molar-refractivity contribution in [2.45, 2.75) is 107 Å². The molecule has 0 spiro atoms. The summed E-state index contributed by atoms with van der Waals surface area (Å²) in [4.78, 5) is 29.1. The van der Waals surface area contributed by atoms with Crippen LogP contribution in [0.5, 0.6) is 0 Å². The fraction of sp³-hybridized carbons (Fsp3) is 0.880. The van der Waals surface area contributed by atoms with Crippen molar-refractivity contribution in [1.29, 1.82) is 5.26 Å². The van der Waals surface area contributed by atoms with Crippen molar-refractivity contribution in [2.24, 2.45) is 0 Å². The van der Waals surface area contributed by atoms with Crippen LogP contribution in [-0.4, -0.2) is 103 Å². The molecule has 0 bridgehead atoms. The van der Waals surface area contributed by atoms with Gasteiger partial charge >= 0.3 is 6.09 Å². The van der Waals surface area contributed by atoms with Crippen LogP contribution in [-0.2, 0) is 23.7 Å². The van der Waals surface area contributed by atoms with Crippen LogP contribution in [0.1, 0.15) is 59.3 Å². The van der Waals surface area contributed by atoms with Gasteiger partial charge in [-0.1, -0.05) is 0 Å². The van der Waals surface area contributed by atoms with Crippen LogP contribution in [0.15, 0.2) is 0 Å². The largest absolute Gasteiger partial charge is 0.440 e. The number of hydrogen-bond donors (Lipinski definition) is 2. The van der Waals surface area contributed by atoms with Gasteiger partial charge in [-0.15, -0.1) is 0 Å². The zero-order chi connectivity index (χ0) is 25.5. The molecule has 200 valence electrons. The van der Waals surface area contributed by atoms with Crippen molar-refractivity contribution in [3.05, 3.63) is 0 Å². The Bertz CT molecular complexity index is 881. The van der Waals surface area contributed by atoms with Gasteiger partial charge in [0.25, 0.3) is 0 Å². The van der Waals surface area contributed by atoms with Crippen LogP contribution in [0.2, 0.25) is 0 Å². The zero-order valence-corrected chi connectivity index (χ0v) is 21.5. The molecule has 2 amide bonds. The van der Waals surface area contributed by atoms with Crippen molar-refractivity contribution in [3.63, 3.8) is 0 Å². The highest BCUT2D eigenvalue weighted by atomic mass is 16.8. The van der Waals surface area contributed by atoms with E-state index in [2.05, 4.69) is 28.5 Å². The number of carbonyl (C=O) groups excluding carboxylic acids is 2. The van der Waals surface area contributed by atoms with Crippen molar-refractivity contribution >= 4 is 12.0 Å². The third-order valence-corrected chi connectivity index (χ3v) is 8.02. The number of piperidine rings is 1. The summed E-state index contributed by atoms with van der Waals surface area (Å²) >= 11 is 0. The monoisotopic (exact) mass is 505 g/mol. The van der Waals surface area contributed by atoms with Gasteiger partial charge in [0.1, 0.15) is 12.1 Å². The molecule has 0 aromatic rings. The van der Waals surface area contributed by atoms with Crippen molar-refractivity contribution in [1.82, 2.24) is 20.4 Å². The van der Waals surface area contributed by atoms with Crippen LogP contribution in [0.3, 0.4) is 0 Å². The predicted molar refractivity (Wildman–Crippen MR) is 128 cm³/mol. The number of carbonyl (C=O) groups is 2. The lowest BCUT2D eigenvalue weighted by molar-refractivity contribution is -0.216. The number of nitrogens with one attached hydrogen (secondary N) is 2. The molecule has 5 fully saturated rings. The second-order valence-electron chi connectivity index (χ2n) is 11.5. The topological polar surface area (TPSA) is 125 Å². The lowest BCUT2D eigenvalue weighted by Gasteiger charge is -2.41. The Kier molecular flexibility index (Phi) is 7.18. The van der Waals surface area contributed by atoms with E-state index in [-0.39, 0.29) is 36.2 Å². The fourth-order valence-electron chi connectivity index (χ4n) is 5.64. The van der Waals surface area contributed by atoms with Crippen LogP contribution in [0.25, 0.3) is 0 Å². The van der Waals surface area contributed by atoms with E-state index >= 15 is 0 Å². The zero-order valence-electron chi connectivity index (χ0n) is 21.5. The third-order valence-electron chi connectivity index (χ3n) is 8.02. The summed E-state index contributed by atoms with van der Waals surface area (Å²) in [6, 6.07) is 2.15. The minimum atomic E-state index is -0.784. The van der Waals surface area contributed by atoms with Gasteiger partial charge in [0.2, 0.25) is 5.91 Å². The number of amides is 2. The minimum absolute atomic E-state index is 0.000916. The number of fused-ring (bicyclic) bond motifs is 1. The molecule has 11 nitrogen and oxygen atoms in total. The molecule has 36 heavy (non-hydrogen) atoms. The van der Waals surface area contributed by atoms with Gasteiger partial charge in [-0.25, -0.2) is 4.79 Å². The van der Waals surface area contributed by atoms with E-state index in [4.69, 9.17) is 18.9 Å². The van der Waals surface area contributed by atoms with E-state index in [0.29, 0.717) is 13.1 Å². The highest BCUT2D eigenvalue weighted by molar-refractivity contribution is 5.79. The number of rotatable bonds is 7. The number of nitriles is 1. The molecule has 0 radical (unpaired) electrons.